The molecule has 2 amide bonds. The number of hydrogen-bond acceptors (Lipinski definition) is 4. The molecule has 0 aliphatic carbocycles. The fourth-order valence-electron chi connectivity index (χ4n) is 2.39. The van der Waals surface area contributed by atoms with Crippen LogP contribution in [0.3, 0.4) is 0 Å². The van der Waals surface area contributed by atoms with Gasteiger partial charge in [0.05, 0.1) is 5.69 Å². The summed E-state index contributed by atoms with van der Waals surface area (Å²) in [5.74, 6) is -0.0246. The Morgan fingerprint density at radius 3 is 2.96 bits per heavy atom. The van der Waals surface area contributed by atoms with Gasteiger partial charge in [0.1, 0.15) is 12.3 Å². The summed E-state index contributed by atoms with van der Waals surface area (Å²) in [5, 5.41) is 3.29. The van der Waals surface area contributed by atoms with Crippen LogP contribution in [0.4, 0.5) is 11.4 Å². The zero-order chi connectivity index (χ0) is 17.1. The molecule has 1 heterocycles. The normalized spacial score (nSPS) is 13.2. The van der Waals surface area contributed by atoms with Crippen LogP contribution in [-0.2, 0) is 9.59 Å². The van der Waals surface area contributed by atoms with E-state index in [1.807, 2.05) is 30.5 Å². The second-order valence-electron chi connectivity index (χ2n) is 5.16. The SMILES string of the molecule is CSc1cccc(NC(=O)CN2C(=O)COc3ccc(Cl)cc32)c1. The molecule has 2 aromatic rings. The molecule has 0 radical (unpaired) electrons. The second-order valence-corrected chi connectivity index (χ2v) is 6.48. The van der Waals surface area contributed by atoms with Gasteiger partial charge in [0, 0.05) is 15.6 Å². The van der Waals surface area contributed by atoms with Gasteiger partial charge in [0.15, 0.2) is 6.61 Å². The fraction of sp³-hybridized carbons (Fsp3) is 0.176. The first-order chi connectivity index (χ1) is 11.6. The van der Waals surface area contributed by atoms with E-state index >= 15 is 0 Å². The van der Waals surface area contributed by atoms with Crippen LogP contribution in [-0.4, -0.2) is 31.2 Å². The molecule has 1 aliphatic heterocycles. The predicted molar refractivity (Wildman–Crippen MR) is 96.2 cm³/mol. The van der Waals surface area contributed by atoms with Crippen molar-refractivity contribution in [3.05, 3.63) is 47.5 Å². The molecule has 3 rings (SSSR count). The van der Waals surface area contributed by atoms with Crippen LogP contribution in [0, 0.1) is 0 Å². The lowest BCUT2D eigenvalue weighted by molar-refractivity contribution is -0.123. The Balaban J connectivity index is 1.76. The minimum atomic E-state index is -0.283. The highest BCUT2D eigenvalue weighted by Crippen LogP contribution is 2.34. The highest BCUT2D eigenvalue weighted by Gasteiger charge is 2.27. The first-order valence-electron chi connectivity index (χ1n) is 7.23. The average molecular weight is 363 g/mol. The molecule has 2 aromatic carbocycles. The Kier molecular flexibility index (Phi) is 4.97. The summed E-state index contributed by atoms with van der Waals surface area (Å²) >= 11 is 7.58. The van der Waals surface area contributed by atoms with E-state index in [4.69, 9.17) is 16.3 Å². The molecule has 24 heavy (non-hydrogen) atoms. The third-order valence-corrected chi connectivity index (χ3v) is 4.48. The molecule has 1 N–H and O–H groups in total. The van der Waals surface area contributed by atoms with E-state index in [2.05, 4.69) is 5.32 Å². The van der Waals surface area contributed by atoms with Gasteiger partial charge in [0.2, 0.25) is 5.91 Å². The van der Waals surface area contributed by atoms with Crippen LogP contribution >= 0.6 is 23.4 Å². The first-order valence-corrected chi connectivity index (χ1v) is 8.84. The Morgan fingerprint density at radius 1 is 1.33 bits per heavy atom. The lowest BCUT2D eigenvalue weighted by Gasteiger charge is -2.29. The van der Waals surface area contributed by atoms with Crippen LogP contribution in [0.1, 0.15) is 0 Å². The summed E-state index contributed by atoms with van der Waals surface area (Å²) in [4.78, 5) is 26.9. The van der Waals surface area contributed by atoms with Gasteiger partial charge in [-0.25, -0.2) is 0 Å². The number of ether oxygens (including phenoxy) is 1. The lowest BCUT2D eigenvalue weighted by atomic mass is 10.2. The number of carbonyl (C=O) groups is 2. The lowest BCUT2D eigenvalue weighted by Crippen LogP contribution is -2.43. The number of halogens is 1. The number of benzene rings is 2. The van der Waals surface area contributed by atoms with Gasteiger partial charge in [-0.2, -0.15) is 0 Å². The Hall–Kier alpha value is -2.18. The van der Waals surface area contributed by atoms with E-state index in [-0.39, 0.29) is 25.0 Å². The van der Waals surface area contributed by atoms with E-state index in [9.17, 15) is 9.59 Å². The second kappa shape index (κ2) is 7.15. The van der Waals surface area contributed by atoms with Crippen molar-refractivity contribution in [2.24, 2.45) is 0 Å². The molecular weight excluding hydrogens is 348 g/mol. The fourth-order valence-corrected chi connectivity index (χ4v) is 3.02. The minimum Gasteiger partial charge on any atom is -0.482 e. The number of amides is 2. The Morgan fingerprint density at radius 2 is 2.17 bits per heavy atom. The maximum atomic E-state index is 12.3. The molecule has 0 bridgehead atoms. The van der Waals surface area contributed by atoms with Gasteiger partial charge in [0.25, 0.3) is 5.91 Å². The summed E-state index contributed by atoms with van der Waals surface area (Å²) in [5.41, 5.74) is 1.20. The molecule has 1 aliphatic rings. The standard InChI is InChI=1S/C17H15ClN2O3S/c1-24-13-4-2-3-12(8-13)19-16(21)9-20-14-7-11(18)5-6-15(14)23-10-17(20)22/h2-8H,9-10H2,1H3,(H,19,21). The molecule has 5 nitrogen and oxygen atoms in total. The van der Waals surface area contributed by atoms with E-state index in [1.165, 1.54) is 4.90 Å². The quantitative estimate of drug-likeness (QED) is 0.846. The van der Waals surface area contributed by atoms with Gasteiger partial charge in [-0.15, -0.1) is 11.8 Å². The minimum absolute atomic E-state index is 0.0934. The van der Waals surface area contributed by atoms with Crippen LogP contribution in [0.25, 0.3) is 0 Å². The number of fused-ring (bicyclic) bond motifs is 1. The van der Waals surface area contributed by atoms with Gasteiger partial charge in [-0.3, -0.25) is 14.5 Å². The number of carbonyl (C=O) groups excluding carboxylic acids is 2. The third-order valence-electron chi connectivity index (χ3n) is 3.52. The van der Waals surface area contributed by atoms with Crippen molar-refractivity contribution in [1.82, 2.24) is 0 Å². The smallest absolute Gasteiger partial charge is 0.265 e. The molecule has 0 aromatic heterocycles. The predicted octanol–water partition coefficient (Wildman–Crippen LogP) is 3.43. The van der Waals surface area contributed by atoms with Gasteiger partial charge in [-0.05, 0) is 42.7 Å². The highest BCUT2D eigenvalue weighted by molar-refractivity contribution is 7.98. The third kappa shape index (κ3) is 3.66. The molecule has 0 saturated carbocycles. The van der Waals surface area contributed by atoms with Crippen molar-refractivity contribution < 1.29 is 14.3 Å². The highest BCUT2D eigenvalue weighted by atomic mass is 35.5. The largest absolute Gasteiger partial charge is 0.482 e. The van der Waals surface area contributed by atoms with E-state index < -0.39 is 0 Å². The number of nitrogens with zero attached hydrogens (tertiary/aromatic N) is 1. The molecule has 7 heteroatoms. The first kappa shape index (κ1) is 16.7. The molecule has 0 unspecified atom stereocenters. The van der Waals surface area contributed by atoms with Crippen LogP contribution in [0.2, 0.25) is 5.02 Å². The monoisotopic (exact) mass is 362 g/mol. The van der Waals surface area contributed by atoms with Crippen molar-refractivity contribution in [3.63, 3.8) is 0 Å². The van der Waals surface area contributed by atoms with Crippen LogP contribution < -0.4 is 15.0 Å². The number of nitrogens with one attached hydrogen (secondary N) is 1. The zero-order valence-corrected chi connectivity index (χ0v) is 14.5. The Labute approximate surface area is 148 Å². The summed E-state index contributed by atoms with van der Waals surface area (Å²) in [6.07, 6.45) is 1.97. The molecule has 0 atom stereocenters. The van der Waals surface area contributed by atoms with Gasteiger partial charge in [-0.1, -0.05) is 17.7 Å². The maximum Gasteiger partial charge on any atom is 0.265 e. The van der Waals surface area contributed by atoms with Crippen molar-refractivity contribution in [1.29, 1.82) is 0 Å². The van der Waals surface area contributed by atoms with Crippen LogP contribution in [0.5, 0.6) is 5.75 Å². The molecule has 0 spiro atoms. The van der Waals surface area contributed by atoms with Crippen molar-refractivity contribution >= 4 is 46.6 Å². The zero-order valence-electron chi connectivity index (χ0n) is 12.9. The summed E-state index contributed by atoms with van der Waals surface area (Å²) in [6.45, 7) is -0.192. The number of thioether (sulfide) groups is 1. The number of anilines is 2. The van der Waals surface area contributed by atoms with E-state index in [1.54, 1.807) is 30.0 Å². The van der Waals surface area contributed by atoms with Gasteiger partial charge < -0.3 is 10.1 Å². The maximum absolute atomic E-state index is 12.3. The summed E-state index contributed by atoms with van der Waals surface area (Å²) in [6, 6.07) is 12.5. The summed E-state index contributed by atoms with van der Waals surface area (Å²) in [7, 11) is 0. The van der Waals surface area contributed by atoms with Crippen LogP contribution in [0.15, 0.2) is 47.4 Å². The van der Waals surface area contributed by atoms with Crippen molar-refractivity contribution in [3.8, 4) is 5.75 Å². The van der Waals surface area contributed by atoms with Crippen molar-refractivity contribution in [2.45, 2.75) is 4.90 Å². The molecular formula is C17H15ClN2O3S. The summed E-state index contributed by atoms with van der Waals surface area (Å²) < 4.78 is 5.37. The number of hydrogen-bond donors (Lipinski definition) is 1. The van der Waals surface area contributed by atoms with Gasteiger partial charge >= 0.3 is 0 Å². The molecule has 0 saturated heterocycles. The molecule has 0 fully saturated rings. The van der Waals surface area contributed by atoms with Crippen molar-refractivity contribution in [2.75, 3.05) is 29.6 Å². The molecule has 124 valence electrons. The Bertz CT molecular complexity index is 797. The topological polar surface area (TPSA) is 58.6 Å². The average Bonchev–Trinajstić information content (AvgIpc) is 2.57. The van der Waals surface area contributed by atoms with E-state index in [0.29, 0.717) is 22.1 Å². The number of rotatable bonds is 4. The van der Waals surface area contributed by atoms with E-state index in [0.717, 1.165) is 4.90 Å².